The quantitative estimate of drug-likeness (QED) is 0.719. The van der Waals surface area contributed by atoms with Crippen molar-refractivity contribution in [1.82, 2.24) is 15.1 Å². The van der Waals surface area contributed by atoms with Gasteiger partial charge in [0.25, 0.3) is 0 Å². The maximum atomic E-state index is 5.33. The van der Waals surface area contributed by atoms with Crippen molar-refractivity contribution >= 4 is 23.0 Å². The molecule has 116 valence electrons. The molecule has 3 rings (SSSR count). The third-order valence-corrected chi connectivity index (χ3v) is 3.68. The maximum absolute atomic E-state index is 5.33. The lowest BCUT2D eigenvalue weighted by Crippen LogP contribution is -2.27. The minimum atomic E-state index is 0.617. The monoisotopic (exact) mass is 322 g/mol. The molecule has 0 bridgehead atoms. The van der Waals surface area contributed by atoms with Crippen LogP contribution < -0.4 is 10.6 Å². The molecule has 1 aromatic heterocycles. The zero-order valence-electron chi connectivity index (χ0n) is 12.9. The molecule has 0 amide bonds. The van der Waals surface area contributed by atoms with Crippen LogP contribution in [0.2, 0.25) is 0 Å². The van der Waals surface area contributed by atoms with Gasteiger partial charge < -0.3 is 10.6 Å². The SMILES string of the molecule is Cc1cccc(NC(=S)NCc2ccc(-n3cccn3)cc2)c1. The molecule has 3 aromatic rings. The normalized spacial score (nSPS) is 10.3. The van der Waals surface area contributed by atoms with Crippen LogP contribution in [0.4, 0.5) is 5.69 Å². The van der Waals surface area contributed by atoms with Crippen molar-refractivity contribution < 1.29 is 0 Å². The number of nitrogens with zero attached hydrogens (tertiary/aromatic N) is 2. The fraction of sp³-hybridized carbons (Fsp3) is 0.111. The van der Waals surface area contributed by atoms with Gasteiger partial charge in [0.05, 0.1) is 5.69 Å². The Morgan fingerprint density at radius 3 is 2.65 bits per heavy atom. The minimum absolute atomic E-state index is 0.617. The van der Waals surface area contributed by atoms with E-state index in [1.165, 1.54) is 5.56 Å². The molecule has 2 N–H and O–H groups in total. The number of aryl methyl sites for hydroxylation is 1. The summed E-state index contributed by atoms with van der Waals surface area (Å²) in [6.07, 6.45) is 3.69. The predicted octanol–water partition coefficient (Wildman–Crippen LogP) is 3.67. The van der Waals surface area contributed by atoms with Crippen LogP contribution in [0.25, 0.3) is 5.69 Å². The van der Waals surface area contributed by atoms with E-state index in [2.05, 4.69) is 46.9 Å². The molecule has 0 spiro atoms. The van der Waals surface area contributed by atoms with Crippen molar-refractivity contribution in [2.75, 3.05) is 5.32 Å². The van der Waals surface area contributed by atoms with Gasteiger partial charge in [0.2, 0.25) is 0 Å². The Kier molecular flexibility index (Phi) is 4.68. The van der Waals surface area contributed by atoms with Gasteiger partial charge in [0, 0.05) is 24.6 Å². The molecule has 0 saturated carbocycles. The summed E-state index contributed by atoms with van der Waals surface area (Å²) in [5.74, 6) is 0. The number of anilines is 1. The lowest BCUT2D eigenvalue weighted by molar-refractivity contribution is 0.874. The summed E-state index contributed by atoms with van der Waals surface area (Å²) in [6, 6.07) is 18.3. The first-order valence-electron chi connectivity index (χ1n) is 7.41. The van der Waals surface area contributed by atoms with Gasteiger partial charge in [-0.15, -0.1) is 0 Å². The molecule has 0 aliphatic heterocycles. The number of hydrogen-bond donors (Lipinski definition) is 2. The van der Waals surface area contributed by atoms with Gasteiger partial charge in [-0.25, -0.2) is 4.68 Å². The van der Waals surface area contributed by atoms with E-state index in [9.17, 15) is 0 Å². The molecule has 2 aromatic carbocycles. The third-order valence-electron chi connectivity index (χ3n) is 3.43. The van der Waals surface area contributed by atoms with E-state index >= 15 is 0 Å². The summed E-state index contributed by atoms with van der Waals surface area (Å²) in [5.41, 5.74) is 4.40. The summed E-state index contributed by atoms with van der Waals surface area (Å²) >= 11 is 5.33. The molecular weight excluding hydrogens is 304 g/mol. The second-order valence-electron chi connectivity index (χ2n) is 5.29. The van der Waals surface area contributed by atoms with Crippen molar-refractivity contribution in [3.8, 4) is 5.69 Å². The molecule has 4 nitrogen and oxygen atoms in total. The van der Waals surface area contributed by atoms with E-state index in [1.54, 1.807) is 6.20 Å². The Labute approximate surface area is 141 Å². The molecule has 0 fully saturated rings. The number of nitrogens with one attached hydrogen (secondary N) is 2. The van der Waals surface area contributed by atoms with Crippen molar-refractivity contribution in [2.45, 2.75) is 13.5 Å². The highest BCUT2D eigenvalue weighted by Gasteiger charge is 2.00. The first-order valence-corrected chi connectivity index (χ1v) is 7.82. The van der Waals surface area contributed by atoms with Crippen LogP contribution in [0.15, 0.2) is 67.0 Å². The summed E-state index contributed by atoms with van der Waals surface area (Å²) in [7, 11) is 0. The first-order chi connectivity index (χ1) is 11.2. The standard InChI is InChI=1S/C18H18N4S/c1-14-4-2-5-16(12-14)21-18(23)19-13-15-6-8-17(9-7-15)22-11-3-10-20-22/h2-12H,13H2,1H3,(H2,19,21,23). The zero-order chi connectivity index (χ0) is 16.1. The number of thiocarbonyl (C=S) groups is 1. The topological polar surface area (TPSA) is 41.9 Å². The van der Waals surface area contributed by atoms with Gasteiger partial charge in [0.1, 0.15) is 0 Å². The van der Waals surface area contributed by atoms with Gasteiger partial charge in [-0.3, -0.25) is 0 Å². The molecule has 0 unspecified atom stereocenters. The lowest BCUT2D eigenvalue weighted by Gasteiger charge is -2.11. The summed E-state index contributed by atoms with van der Waals surface area (Å²) in [5, 5.41) is 11.2. The van der Waals surface area contributed by atoms with Crippen LogP contribution in [0, 0.1) is 6.92 Å². The second kappa shape index (κ2) is 7.07. The smallest absolute Gasteiger partial charge is 0.171 e. The van der Waals surface area contributed by atoms with Crippen LogP contribution in [0.1, 0.15) is 11.1 Å². The Bertz CT molecular complexity index is 779. The fourth-order valence-corrected chi connectivity index (χ4v) is 2.46. The average Bonchev–Trinajstić information content (AvgIpc) is 3.08. The van der Waals surface area contributed by atoms with Crippen molar-refractivity contribution in [3.63, 3.8) is 0 Å². The maximum Gasteiger partial charge on any atom is 0.171 e. The molecule has 1 heterocycles. The fourth-order valence-electron chi connectivity index (χ4n) is 2.27. The minimum Gasteiger partial charge on any atom is -0.358 e. The first kappa shape index (κ1) is 15.2. The number of hydrogen-bond acceptors (Lipinski definition) is 2. The van der Waals surface area contributed by atoms with Crippen LogP contribution in [0.5, 0.6) is 0 Å². The number of aromatic nitrogens is 2. The van der Waals surface area contributed by atoms with Crippen molar-refractivity contribution in [3.05, 3.63) is 78.1 Å². The van der Waals surface area contributed by atoms with E-state index in [0.29, 0.717) is 11.7 Å². The van der Waals surface area contributed by atoms with Crippen LogP contribution in [-0.2, 0) is 6.54 Å². The van der Waals surface area contributed by atoms with Crippen molar-refractivity contribution in [1.29, 1.82) is 0 Å². The lowest BCUT2D eigenvalue weighted by atomic mass is 10.2. The van der Waals surface area contributed by atoms with Crippen LogP contribution in [0.3, 0.4) is 0 Å². The molecule has 0 aliphatic carbocycles. The largest absolute Gasteiger partial charge is 0.358 e. The van der Waals surface area contributed by atoms with Gasteiger partial charge in [-0.2, -0.15) is 5.10 Å². The van der Waals surface area contributed by atoms with Gasteiger partial charge in [-0.1, -0.05) is 24.3 Å². The summed E-state index contributed by atoms with van der Waals surface area (Å²) < 4.78 is 1.83. The molecule has 23 heavy (non-hydrogen) atoms. The van der Waals surface area contributed by atoms with E-state index in [0.717, 1.165) is 16.9 Å². The number of benzene rings is 2. The summed E-state index contributed by atoms with van der Waals surface area (Å²) in [4.78, 5) is 0. The van der Waals surface area contributed by atoms with E-state index in [4.69, 9.17) is 12.2 Å². The number of rotatable bonds is 4. The van der Waals surface area contributed by atoms with E-state index < -0.39 is 0 Å². The third kappa shape index (κ3) is 4.17. The molecular formula is C18H18N4S. The molecule has 5 heteroatoms. The van der Waals surface area contributed by atoms with E-state index in [1.807, 2.05) is 41.2 Å². The molecule has 0 aliphatic rings. The highest BCUT2D eigenvalue weighted by Crippen LogP contribution is 2.10. The predicted molar refractivity (Wildman–Crippen MR) is 97.8 cm³/mol. The van der Waals surface area contributed by atoms with Crippen molar-refractivity contribution in [2.24, 2.45) is 0 Å². The zero-order valence-corrected chi connectivity index (χ0v) is 13.7. The Hall–Kier alpha value is -2.66. The van der Waals surface area contributed by atoms with Crippen LogP contribution in [-0.4, -0.2) is 14.9 Å². The van der Waals surface area contributed by atoms with Gasteiger partial charge in [0.15, 0.2) is 5.11 Å². The second-order valence-corrected chi connectivity index (χ2v) is 5.70. The van der Waals surface area contributed by atoms with Gasteiger partial charge >= 0.3 is 0 Å². The van der Waals surface area contributed by atoms with Crippen LogP contribution >= 0.6 is 12.2 Å². The molecule has 0 radical (unpaired) electrons. The molecule has 0 atom stereocenters. The van der Waals surface area contributed by atoms with Gasteiger partial charge in [-0.05, 0) is 60.6 Å². The Morgan fingerprint density at radius 2 is 1.96 bits per heavy atom. The summed E-state index contributed by atoms with van der Waals surface area (Å²) in [6.45, 7) is 2.74. The highest BCUT2D eigenvalue weighted by atomic mass is 32.1. The molecule has 0 saturated heterocycles. The Morgan fingerprint density at radius 1 is 1.13 bits per heavy atom. The average molecular weight is 322 g/mol. The highest BCUT2D eigenvalue weighted by molar-refractivity contribution is 7.80. The van der Waals surface area contributed by atoms with E-state index in [-0.39, 0.29) is 0 Å². The Balaban J connectivity index is 1.54.